The molecule has 2 heterocycles. The summed E-state index contributed by atoms with van der Waals surface area (Å²) in [4.78, 5) is 15.1. The van der Waals surface area contributed by atoms with E-state index >= 15 is 0 Å². The summed E-state index contributed by atoms with van der Waals surface area (Å²) in [6, 6.07) is 5.97. The van der Waals surface area contributed by atoms with Gasteiger partial charge in [0.15, 0.2) is 0 Å². The van der Waals surface area contributed by atoms with E-state index in [9.17, 15) is 4.79 Å². The monoisotopic (exact) mass is 370 g/mol. The van der Waals surface area contributed by atoms with Gasteiger partial charge in [0.05, 0.1) is 18.9 Å². The second kappa shape index (κ2) is 8.13. The zero-order valence-electron chi connectivity index (χ0n) is 17.0. The van der Waals surface area contributed by atoms with Crippen LogP contribution in [-0.2, 0) is 18.2 Å². The molecule has 0 saturated carbocycles. The lowest BCUT2D eigenvalue weighted by molar-refractivity contribution is 0.0940. The van der Waals surface area contributed by atoms with Crippen molar-refractivity contribution in [1.29, 1.82) is 0 Å². The number of benzene rings is 1. The fraction of sp³-hybridized carbons (Fsp3) is 0.524. The molecule has 3 rings (SSSR count). The van der Waals surface area contributed by atoms with Crippen LogP contribution in [0.3, 0.4) is 0 Å². The number of nitrogens with one attached hydrogen (secondary N) is 1. The van der Waals surface area contributed by atoms with Gasteiger partial charge < -0.3 is 15.0 Å². The highest BCUT2D eigenvalue weighted by Gasteiger charge is 2.18. The van der Waals surface area contributed by atoms with Crippen LogP contribution < -0.4 is 10.2 Å². The van der Waals surface area contributed by atoms with Crippen molar-refractivity contribution in [3.05, 3.63) is 46.3 Å². The van der Waals surface area contributed by atoms with Crippen LogP contribution in [-0.4, -0.2) is 48.0 Å². The van der Waals surface area contributed by atoms with Crippen molar-refractivity contribution < 1.29 is 9.53 Å². The summed E-state index contributed by atoms with van der Waals surface area (Å²) in [6.07, 6.45) is 0.777. The quantitative estimate of drug-likeness (QED) is 0.879. The first kappa shape index (κ1) is 19.4. The Morgan fingerprint density at radius 2 is 1.96 bits per heavy atom. The van der Waals surface area contributed by atoms with Gasteiger partial charge in [0.1, 0.15) is 0 Å². The Morgan fingerprint density at radius 3 is 2.59 bits per heavy atom. The Hall–Kier alpha value is -2.34. The number of amides is 1. The molecule has 27 heavy (non-hydrogen) atoms. The first-order valence-corrected chi connectivity index (χ1v) is 9.60. The smallest absolute Gasteiger partial charge is 0.251 e. The molecule has 0 radical (unpaired) electrons. The highest BCUT2D eigenvalue weighted by Crippen LogP contribution is 2.23. The molecule has 2 aromatic rings. The highest BCUT2D eigenvalue weighted by molar-refractivity contribution is 5.95. The number of ether oxygens (including phenoxy) is 1. The predicted molar refractivity (Wildman–Crippen MR) is 108 cm³/mol. The van der Waals surface area contributed by atoms with Gasteiger partial charge in [-0.1, -0.05) is 6.07 Å². The lowest BCUT2D eigenvalue weighted by Gasteiger charge is -2.30. The van der Waals surface area contributed by atoms with Gasteiger partial charge in [-0.15, -0.1) is 0 Å². The molecule has 1 aliphatic heterocycles. The molecule has 1 aliphatic rings. The number of carbonyl (C=O) groups excluding carboxylic acids is 1. The first-order valence-electron chi connectivity index (χ1n) is 9.60. The number of anilines is 1. The van der Waals surface area contributed by atoms with Gasteiger partial charge in [0, 0.05) is 43.1 Å². The number of hydrogen-bond donors (Lipinski definition) is 1. The van der Waals surface area contributed by atoms with E-state index in [2.05, 4.69) is 29.2 Å². The van der Waals surface area contributed by atoms with E-state index in [4.69, 9.17) is 4.74 Å². The van der Waals surface area contributed by atoms with Crippen molar-refractivity contribution in [1.82, 2.24) is 15.1 Å². The van der Waals surface area contributed by atoms with Gasteiger partial charge in [-0.2, -0.15) is 5.10 Å². The van der Waals surface area contributed by atoms with Crippen LogP contribution in [0, 0.1) is 20.8 Å². The highest BCUT2D eigenvalue weighted by atomic mass is 16.5. The first-order chi connectivity index (χ1) is 12.9. The second-order valence-electron chi connectivity index (χ2n) is 7.45. The van der Waals surface area contributed by atoms with E-state index in [1.807, 2.05) is 43.8 Å². The third-order valence-electron chi connectivity index (χ3n) is 5.37. The molecule has 0 unspecified atom stereocenters. The van der Waals surface area contributed by atoms with Crippen LogP contribution in [0.5, 0.6) is 0 Å². The van der Waals surface area contributed by atoms with Crippen LogP contribution in [0.1, 0.15) is 39.8 Å². The molecule has 1 aromatic carbocycles. The van der Waals surface area contributed by atoms with Crippen LogP contribution >= 0.6 is 0 Å². The summed E-state index contributed by atoms with van der Waals surface area (Å²) in [6.45, 7) is 11.4. The number of morpholine rings is 1. The normalized spacial score (nSPS) is 15.7. The van der Waals surface area contributed by atoms with Gasteiger partial charge >= 0.3 is 0 Å². The standard InChI is InChI=1S/C21H30N4O2/c1-14-6-7-18(13-20(14)25-8-10-27-11-9-25)21(26)22-15(2)12-19-16(3)23-24(5)17(19)4/h6-7,13,15H,8-12H2,1-5H3,(H,22,26)/t15-/m1/s1. The van der Waals surface area contributed by atoms with Crippen LogP contribution in [0.2, 0.25) is 0 Å². The van der Waals surface area contributed by atoms with Crippen molar-refractivity contribution in [2.24, 2.45) is 7.05 Å². The topological polar surface area (TPSA) is 59.4 Å². The molecule has 0 spiro atoms. The number of aryl methyl sites for hydroxylation is 3. The summed E-state index contributed by atoms with van der Waals surface area (Å²) < 4.78 is 7.34. The third kappa shape index (κ3) is 4.33. The molecule has 1 amide bonds. The Labute approximate surface area is 161 Å². The maximum absolute atomic E-state index is 12.8. The summed E-state index contributed by atoms with van der Waals surface area (Å²) in [5.41, 5.74) is 6.40. The number of aromatic nitrogens is 2. The van der Waals surface area contributed by atoms with Crippen LogP contribution in [0.15, 0.2) is 18.2 Å². The minimum atomic E-state index is -0.0313. The fourth-order valence-corrected chi connectivity index (χ4v) is 3.67. The fourth-order valence-electron chi connectivity index (χ4n) is 3.67. The van der Waals surface area contributed by atoms with Crippen molar-refractivity contribution in [2.75, 3.05) is 31.2 Å². The molecule has 6 heteroatoms. The second-order valence-corrected chi connectivity index (χ2v) is 7.45. The van der Waals surface area contributed by atoms with E-state index in [0.717, 1.165) is 49.8 Å². The maximum atomic E-state index is 12.8. The Morgan fingerprint density at radius 1 is 1.26 bits per heavy atom. The lowest BCUT2D eigenvalue weighted by atomic mass is 10.0. The molecule has 0 aliphatic carbocycles. The van der Waals surface area contributed by atoms with Crippen molar-refractivity contribution in [3.63, 3.8) is 0 Å². The molecular formula is C21H30N4O2. The van der Waals surface area contributed by atoms with Crippen LogP contribution in [0.25, 0.3) is 0 Å². The molecule has 1 atom stereocenters. The Bertz CT molecular complexity index is 822. The van der Waals surface area contributed by atoms with Gasteiger partial charge in [0.2, 0.25) is 0 Å². The largest absolute Gasteiger partial charge is 0.378 e. The number of nitrogens with zero attached hydrogens (tertiary/aromatic N) is 3. The number of rotatable bonds is 5. The molecular weight excluding hydrogens is 340 g/mol. The average molecular weight is 370 g/mol. The molecule has 146 valence electrons. The van der Waals surface area contributed by atoms with Crippen molar-refractivity contribution >= 4 is 11.6 Å². The van der Waals surface area contributed by atoms with E-state index in [-0.39, 0.29) is 11.9 Å². The predicted octanol–water partition coefficient (Wildman–Crippen LogP) is 2.54. The average Bonchev–Trinajstić information content (AvgIpc) is 2.89. The zero-order chi connectivity index (χ0) is 19.6. The lowest BCUT2D eigenvalue weighted by Crippen LogP contribution is -2.37. The molecule has 1 N–H and O–H groups in total. The molecule has 1 fully saturated rings. The molecule has 6 nitrogen and oxygen atoms in total. The minimum Gasteiger partial charge on any atom is -0.378 e. The van der Waals surface area contributed by atoms with E-state index < -0.39 is 0 Å². The van der Waals surface area contributed by atoms with E-state index in [1.165, 1.54) is 11.1 Å². The SMILES string of the molecule is Cc1ccc(C(=O)N[C@H](C)Cc2c(C)nn(C)c2C)cc1N1CCOCC1. The summed E-state index contributed by atoms with van der Waals surface area (Å²) in [5, 5.41) is 7.60. The Balaban J connectivity index is 1.70. The van der Waals surface area contributed by atoms with Crippen molar-refractivity contribution in [2.45, 2.75) is 40.2 Å². The zero-order valence-corrected chi connectivity index (χ0v) is 17.0. The van der Waals surface area contributed by atoms with Gasteiger partial charge in [-0.25, -0.2) is 0 Å². The van der Waals surface area contributed by atoms with E-state index in [0.29, 0.717) is 5.56 Å². The number of hydrogen-bond acceptors (Lipinski definition) is 4. The number of carbonyl (C=O) groups is 1. The minimum absolute atomic E-state index is 0.0313. The van der Waals surface area contributed by atoms with Gasteiger partial charge in [-0.3, -0.25) is 9.48 Å². The molecule has 0 bridgehead atoms. The third-order valence-corrected chi connectivity index (χ3v) is 5.37. The molecule has 1 saturated heterocycles. The summed E-state index contributed by atoms with van der Waals surface area (Å²) >= 11 is 0. The Kier molecular flexibility index (Phi) is 5.85. The van der Waals surface area contributed by atoms with Crippen LogP contribution in [0.4, 0.5) is 5.69 Å². The van der Waals surface area contributed by atoms with Crippen molar-refractivity contribution in [3.8, 4) is 0 Å². The maximum Gasteiger partial charge on any atom is 0.251 e. The summed E-state index contributed by atoms with van der Waals surface area (Å²) in [7, 11) is 1.95. The summed E-state index contributed by atoms with van der Waals surface area (Å²) in [5.74, 6) is -0.0313. The van der Waals surface area contributed by atoms with Gasteiger partial charge in [0.25, 0.3) is 5.91 Å². The van der Waals surface area contributed by atoms with E-state index in [1.54, 1.807) is 0 Å². The molecule has 1 aromatic heterocycles. The van der Waals surface area contributed by atoms with Gasteiger partial charge in [-0.05, 0) is 57.4 Å².